The summed E-state index contributed by atoms with van der Waals surface area (Å²) >= 11 is 0. The molecule has 1 atom stereocenters. The second-order valence-electron chi connectivity index (χ2n) is 4.75. The van der Waals surface area contributed by atoms with E-state index in [0.717, 1.165) is 37.1 Å². The second-order valence-corrected chi connectivity index (χ2v) is 4.75. The average Bonchev–Trinajstić information content (AvgIpc) is 2.88. The number of Topliss-reactive ketones (excluding diaryl/α,β-unsaturated/α-hetero) is 1. The van der Waals surface area contributed by atoms with Crippen LogP contribution in [0, 0.1) is 6.92 Å². The van der Waals surface area contributed by atoms with Gasteiger partial charge in [-0.15, -0.1) is 0 Å². The maximum atomic E-state index is 12.0. The predicted molar refractivity (Wildman–Crippen MR) is 65.1 cm³/mol. The van der Waals surface area contributed by atoms with E-state index in [9.17, 15) is 4.79 Å². The first-order chi connectivity index (χ1) is 8.16. The summed E-state index contributed by atoms with van der Waals surface area (Å²) in [7, 11) is 1.84. The SMILES string of the molecule is Cc1nn(C)cc1C(=O)CCCC1CCCO1. The Bertz CT molecular complexity index is 392. The lowest BCUT2D eigenvalue weighted by Crippen LogP contribution is -2.06. The van der Waals surface area contributed by atoms with Gasteiger partial charge in [0, 0.05) is 26.3 Å². The van der Waals surface area contributed by atoms with Crippen LogP contribution in [0.4, 0.5) is 0 Å². The highest BCUT2D eigenvalue weighted by molar-refractivity contribution is 5.96. The van der Waals surface area contributed by atoms with Gasteiger partial charge in [0.15, 0.2) is 5.78 Å². The first kappa shape index (κ1) is 12.3. The quantitative estimate of drug-likeness (QED) is 0.737. The number of aryl methyl sites for hydroxylation is 2. The number of rotatable bonds is 5. The molecule has 0 saturated carbocycles. The number of nitrogens with zero attached hydrogens (tertiary/aromatic N) is 2. The minimum atomic E-state index is 0.202. The van der Waals surface area contributed by atoms with Crippen LogP contribution >= 0.6 is 0 Å². The van der Waals surface area contributed by atoms with E-state index in [0.29, 0.717) is 12.5 Å². The number of aromatic nitrogens is 2. The molecule has 0 spiro atoms. The Labute approximate surface area is 102 Å². The predicted octanol–water partition coefficient (Wildman–Crippen LogP) is 2.26. The molecule has 0 aliphatic carbocycles. The van der Waals surface area contributed by atoms with Crippen molar-refractivity contribution in [1.29, 1.82) is 0 Å². The molecule has 4 nitrogen and oxygen atoms in total. The van der Waals surface area contributed by atoms with Crippen molar-refractivity contribution in [2.45, 2.75) is 45.1 Å². The van der Waals surface area contributed by atoms with Crippen molar-refractivity contribution < 1.29 is 9.53 Å². The summed E-state index contributed by atoms with van der Waals surface area (Å²) in [6.07, 6.45) is 7.04. The Morgan fingerprint density at radius 3 is 3.06 bits per heavy atom. The van der Waals surface area contributed by atoms with Gasteiger partial charge in [0.1, 0.15) is 0 Å². The van der Waals surface area contributed by atoms with Crippen LogP contribution in [0.15, 0.2) is 6.20 Å². The van der Waals surface area contributed by atoms with Gasteiger partial charge in [-0.1, -0.05) is 0 Å². The summed E-state index contributed by atoms with van der Waals surface area (Å²) in [5.74, 6) is 0.202. The van der Waals surface area contributed by atoms with Gasteiger partial charge in [0.25, 0.3) is 0 Å². The third kappa shape index (κ3) is 3.16. The van der Waals surface area contributed by atoms with Crippen LogP contribution in [0.1, 0.15) is 48.2 Å². The molecule has 2 heterocycles. The molecule has 0 aromatic carbocycles. The molecule has 0 amide bonds. The third-order valence-electron chi connectivity index (χ3n) is 3.27. The number of hydrogen-bond acceptors (Lipinski definition) is 3. The second kappa shape index (κ2) is 5.45. The molecule has 1 fully saturated rings. The molecule has 0 radical (unpaired) electrons. The lowest BCUT2D eigenvalue weighted by molar-refractivity contribution is 0.0922. The van der Waals surface area contributed by atoms with E-state index in [1.807, 2.05) is 20.2 Å². The van der Waals surface area contributed by atoms with Gasteiger partial charge in [0.2, 0.25) is 0 Å². The summed E-state index contributed by atoms with van der Waals surface area (Å²) in [5, 5.41) is 4.19. The van der Waals surface area contributed by atoms with Crippen molar-refractivity contribution in [2.75, 3.05) is 6.61 Å². The van der Waals surface area contributed by atoms with E-state index in [1.165, 1.54) is 6.42 Å². The molecule has 1 unspecified atom stereocenters. The van der Waals surface area contributed by atoms with E-state index >= 15 is 0 Å². The molecular formula is C13H20N2O2. The van der Waals surface area contributed by atoms with E-state index in [2.05, 4.69) is 5.10 Å². The molecule has 1 aromatic rings. The van der Waals surface area contributed by atoms with Gasteiger partial charge < -0.3 is 4.74 Å². The van der Waals surface area contributed by atoms with Crippen molar-refractivity contribution in [1.82, 2.24) is 9.78 Å². The first-order valence-electron chi connectivity index (χ1n) is 6.32. The minimum absolute atomic E-state index is 0.202. The Morgan fingerprint density at radius 2 is 2.47 bits per heavy atom. The van der Waals surface area contributed by atoms with Crippen molar-refractivity contribution in [3.05, 3.63) is 17.5 Å². The van der Waals surface area contributed by atoms with Gasteiger partial charge in [-0.25, -0.2) is 0 Å². The maximum Gasteiger partial charge on any atom is 0.166 e. The molecule has 0 N–H and O–H groups in total. The Morgan fingerprint density at radius 1 is 1.65 bits per heavy atom. The van der Waals surface area contributed by atoms with Crippen LogP contribution in [0.3, 0.4) is 0 Å². The van der Waals surface area contributed by atoms with Crippen LogP contribution in [0.2, 0.25) is 0 Å². The molecular weight excluding hydrogens is 216 g/mol. The lowest BCUT2D eigenvalue weighted by atomic mass is 10.0. The smallest absolute Gasteiger partial charge is 0.166 e. The Hall–Kier alpha value is -1.16. The highest BCUT2D eigenvalue weighted by atomic mass is 16.5. The number of hydrogen-bond donors (Lipinski definition) is 0. The summed E-state index contributed by atoms with van der Waals surface area (Å²) in [6.45, 7) is 2.77. The van der Waals surface area contributed by atoms with Gasteiger partial charge in [-0.05, 0) is 32.6 Å². The van der Waals surface area contributed by atoms with Gasteiger partial charge in [0.05, 0.1) is 17.4 Å². The third-order valence-corrected chi connectivity index (χ3v) is 3.27. The van der Waals surface area contributed by atoms with Crippen LogP contribution in [-0.2, 0) is 11.8 Å². The molecule has 4 heteroatoms. The molecule has 1 aliphatic heterocycles. The topological polar surface area (TPSA) is 44.1 Å². The van der Waals surface area contributed by atoms with Gasteiger partial charge in [-0.2, -0.15) is 5.10 Å². The number of carbonyl (C=O) groups excluding carboxylic acids is 1. The molecule has 2 rings (SSSR count). The van der Waals surface area contributed by atoms with Crippen LogP contribution < -0.4 is 0 Å². The summed E-state index contributed by atoms with van der Waals surface area (Å²) in [6, 6.07) is 0. The summed E-state index contributed by atoms with van der Waals surface area (Å²) < 4.78 is 7.24. The van der Waals surface area contributed by atoms with E-state index in [1.54, 1.807) is 4.68 Å². The molecule has 1 saturated heterocycles. The zero-order chi connectivity index (χ0) is 12.3. The van der Waals surface area contributed by atoms with E-state index in [-0.39, 0.29) is 5.78 Å². The molecule has 0 bridgehead atoms. The zero-order valence-corrected chi connectivity index (χ0v) is 10.6. The Kier molecular flexibility index (Phi) is 3.94. The summed E-state index contributed by atoms with van der Waals surface area (Å²) in [5.41, 5.74) is 1.59. The highest BCUT2D eigenvalue weighted by Crippen LogP contribution is 2.19. The van der Waals surface area contributed by atoms with E-state index < -0.39 is 0 Å². The maximum absolute atomic E-state index is 12.0. The zero-order valence-electron chi connectivity index (χ0n) is 10.6. The lowest BCUT2D eigenvalue weighted by Gasteiger charge is -2.07. The fraction of sp³-hybridized carbons (Fsp3) is 0.692. The minimum Gasteiger partial charge on any atom is -0.378 e. The molecule has 94 valence electrons. The molecule has 17 heavy (non-hydrogen) atoms. The van der Waals surface area contributed by atoms with Gasteiger partial charge >= 0.3 is 0 Å². The Balaban J connectivity index is 1.78. The highest BCUT2D eigenvalue weighted by Gasteiger charge is 2.17. The van der Waals surface area contributed by atoms with Crippen LogP contribution in [-0.4, -0.2) is 28.3 Å². The fourth-order valence-electron chi connectivity index (χ4n) is 2.37. The normalized spacial score (nSPS) is 19.8. The largest absolute Gasteiger partial charge is 0.378 e. The van der Waals surface area contributed by atoms with Gasteiger partial charge in [-0.3, -0.25) is 9.48 Å². The van der Waals surface area contributed by atoms with Crippen molar-refractivity contribution in [3.8, 4) is 0 Å². The van der Waals surface area contributed by atoms with Crippen LogP contribution in [0.5, 0.6) is 0 Å². The monoisotopic (exact) mass is 236 g/mol. The standard InChI is InChI=1S/C13H20N2O2/c1-10-12(9-15(2)14-10)13(16)7-3-5-11-6-4-8-17-11/h9,11H,3-8H2,1-2H3. The van der Waals surface area contributed by atoms with Crippen molar-refractivity contribution in [2.24, 2.45) is 7.05 Å². The molecule has 1 aliphatic rings. The first-order valence-corrected chi connectivity index (χ1v) is 6.32. The number of ether oxygens (including phenoxy) is 1. The van der Waals surface area contributed by atoms with Crippen molar-refractivity contribution in [3.63, 3.8) is 0 Å². The molecule has 1 aromatic heterocycles. The fourth-order valence-corrected chi connectivity index (χ4v) is 2.37. The van der Waals surface area contributed by atoms with E-state index in [4.69, 9.17) is 4.74 Å². The number of ketones is 1. The van der Waals surface area contributed by atoms with Crippen LogP contribution in [0.25, 0.3) is 0 Å². The number of carbonyl (C=O) groups is 1. The van der Waals surface area contributed by atoms with Crippen molar-refractivity contribution >= 4 is 5.78 Å². The average molecular weight is 236 g/mol. The summed E-state index contributed by atoms with van der Waals surface area (Å²) in [4.78, 5) is 12.0.